The van der Waals surface area contributed by atoms with Gasteiger partial charge in [0.1, 0.15) is 0 Å². The van der Waals surface area contributed by atoms with Gasteiger partial charge in [-0.05, 0) is 53.0 Å². The van der Waals surface area contributed by atoms with Gasteiger partial charge in [-0.1, -0.05) is 51.1 Å². The second kappa shape index (κ2) is 6.05. The molecule has 25 heavy (non-hydrogen) atoms. The molecule has 2 aromatic carbocycles. The van der Waals surface area contributed by atoms with Crippen molar-refractivity contribution in [3.8, 4) is 0 Å². The van der Waals surface area contributed by atoms with Crippen molar-refractivity contribution >= 4 is 28.4 Å². The number of hydrogen-bond donors (Lipinski definition) is 0. The highest BCUT2D eigenvalue weighted by atomic mass is 32.2. The minimum Gasteiger partial charge on any atom is -0.338 e. The van der Waals surface area contributed by atoms with Crippen molar-refractivity contribution in [2.24, 2.45) is 10.8 Å². The Hall–Kier alpha value is -1.48. The lowest BCUT2D eigenvalue weighted by Gasteiger charge is -2.39. The average molecular weight is 354 g/mol. The predicted molar refractivity (Wildman–Crippen MR) is 106 cm³/mol. The van der Waals surface area contributed by atoms with Crippen molar-refractivity contribution in [3.63, 3.8) is 0 Å². The molecule has 2 bridgehead atoms. The molecule has 0 N–H and O–H groups in total. The monoisotopic (exact) mass is 353 g/mol. The zero-order valence-corrected chi connectivity index (χ0v) is 16.2. The Kier molecular flexibility index (Phi) is 4.10. The summed E-state index contributed by atoms with van der Waals surface area (Å²) < 4.78 is 0. The van der Waals surface area contributed by atoms with Gasteiger partial charge in [-0.25, -0.2) is 0 Å². The lowest BCUT2D eigenvalue weighted by atomic mass is 9.65. The van der Waals surface area contributed by atoms with Crippen LogP contribution >= 0.6 is 11.8 Å². The molecule has 1 amide bonds. The van der Waals surface area contributed by atoms with E-state index in [4.69, 9.17) is 0 Å². The fourth-order valence-corrected chi connectivity index (χ4v) is 6.07. The van der Waals surface area contributed by atoms with Gasteiger partial charge in [0, 0.05) is 17.5 Å². The largest absolute Gasteiger partial charge is 0.338 e. The van der Waals surface area contributed by atoms with Crippen molar-refractivity contribution in [3.05, 3.63) is 42.5 Å². The second-order valence-electron chi connectivity index (χ2n) is 9.03. The number of carbonyl (C=O) groups excluding carboxylic acids is 1. The number of likely N-dealkylation sites (tertiary alicyclic amines) is 1. The van der Waals surface area contributed by atoms with Crippen molar-refractivity contribution in [1.29, 1.82) is 0 Å². The predicted octanol–water partition coefficient (Wildman–Crippen LogP) is 5.36. The standard InChI is InChI=1S/C22H27NOS/c1-21(2)11-18-12-22(3,14-21)15-23(18)20(24)13-25-19-9-8-16-6-4-5-7-17(16)10-19/h4-10,18H,11-15H2,1-3H3/t18-,22-/m0/s1. The number of carbonyl (C=O) groups is 1. The summed E-state index contributed by atoms with van der Waals surface area (Å²) in [7, 11) is 0. The first-order valence-corrected chi connectivity index (χ1v) is 10.2. The number of benzene rings is 2. The van der Waals surface area contributed by atoms with Gasteiger partial charge in [0.15, 0.2) is 0 Å². The van der Waals surface area contributed by atoms with Gasteiger partial charge in [0.25, 0.3) is 0 Å². The summed E-state index contributed by atoms with van der Waals surface area (Å²) in [5, 5.41) is 2.49. The molecule has 0 aromatic heterocycles. The van der Waals surface area contributed by atoms with E-state index in [1.807, 2.05) is 0 Å². The van der Waals surface area contributed by atoms with Crippen molar-refractivity contribution in [2.45, 2.75) is 51.0 Å². The van der Waals surface area contributed by atoms with Crippen LogP contribution in [0.2, 0.25) is 0 Å². The van der Waals surface area contributed by atoms with E-state index in [0.717, 1.165) is 13.0 Å². The second-order valence-corrected chi connectivity index (χ2v) is 10.1. The zero-order chi connectivity index (χ0) is 17.7. The van der Waals surface area contributed by atoms with Gasteiger partial charge in [-0.3, -0.25) is 4.79 Å². The highest BCUT2D eigenvalue weighted by Gasteiger charge is 2.50. The Bertz CT molecular complexity index is 815. The van der Waals surface area contributed by atoms with Crippen molar-refractivity contribution < 1.29 is 4.79 Å². The van der Waals surface area contributed by atoms with Crippen LogP contribution in [0, 0.1) is 10.8 Å². The molecule has 2 atom stereocenters. The molecule has 2 aliphatic rings. The van der Waals surface area contributed by atoms with Gasteiger partial charge in [-0.2, -0.15) is 0 Å². The van der Waals surface area contributed by atoms with Gasteiger partial charge in [-0.15, -0.1) is 11.8 Å². The van der Waals surface area contributed by atoms with E-state index in [-0.39, 0.29) is 0 Å². The van der Waals surface area contributed by atoms with Gasteiger partial charge in [0.2, 0.25) is 5.91 Å². The van der Waals surface area contributed by atoms with Crippen LogP contribution in [-0.2, 0) is 4.79 Å². The summed E-state index contributed by atoms with van der Waals surface area (Å²) in [4.78, 5) is 16.2. The molecule has 1 saturated heterocycles. The third-order valence-electron chi connectivity index (χ3n) is 5.82. The van der Waals surface area contributed by atoms with E-state index in [1.165, 1.54) is 28.5 Å². The average Bonchev–Trinajstić information content (AvgIpc) is 2.81. The van der Waals surface area contributed by atoms with Crippen molar-refractivity contribution in [2.75, 3.05) is 12.3 Å². The van der Waals surface area contributed by atoms with E-state index >= 15 is 0 Å². The van der Waals surface area contributed by atoms with Gasteiger partial charge in [0.05, 0.1) is 5.75 Å². The minimum absolute atomic E-state index is 0.310. The lowest BCUT2D eigenvalue weighted by molar-refractivity contribution is -0.129. The highest BCUT2D eigenvalue weighted by molar-refractivity contribution is 8.00. The molecule has 3 heteroatoms. The van der Waals surface area contributed by atoms with Gasteiger partial charge < -0.3 is 4.90 Å². The normalized spacial score (nSPS) is 27.6. The number of fused-ring (bicyclic) bond motifs is 3. The Morgan fingerprint density at radius 2 is 1.88 bits per heavy atom. The van der Waals surface area contributed by atoms with Crippen LogP contribution in [-0.4, -0.2) is 29.1 Å². The molecule has 2 fully saturated rings. The third-order valence-corrected chi connectivity index (χ3v) is 6.80. The molecular formula is C22H27NOS. The number of hydrogen-bond acceptors (Lipinski definition) is 2. The number of amides is 1. The molecular weight excluding hydrogens is 326 g/mol. The van der Waals surface area contributed by atoms with Crippen LogP contribution in [0.15, 0.2) is 47.4 Å². The maximum atomic E-state index is 12.9. The summed E-state index contributed by atoms with van der Waals surface area (Å²) in [6.07, 6.45) is 3.57. The Morgan fingerprint density at radius 1 is 1.12 bits per heavy atom. The summed E-state index contributed by atoms with van der Waals surface area (Å²) in [6.45, 7) is 8.02. The van der Waals surface area contributed by atoms with Crippen LogP contribution in [0.1, 0.15) is 40.0 Å². The molecule has 2 aromatic rings. The molecule has 4 rings (SSSR count). The molecule has 1 aliphatic heterocycles. The lowest BCUT2D eigenvalue weighted by Crippen LogP contribution is -2.38. The molecule has 1 aliphatic carbocycles. The molecule has 132 valence electrons. The van der Waals surface area contributed by atoms with E-state index in [0.29, 0.717) is 28.5 Å². The van der Waals surface area contributed by atoms with E-state index < -0.39 is 0 Å². The summed E-state index contributed by atoms with van der Waals surface area (Å²) in [5.74, 6) is 0.857. The fraction of sp³-hybridized carbons (Fsp3) is 0.500. The van der Waals surface area contributed by atoms with Crippen LogP contribution in [0.3, 0.4) is 0 Å². The SMILES string of the molecule is CC1(C)C[C@H]2C[C@](C)(CN2C(=O)CSc2ccc3ccccc3c2)C1. The Balaban J connectivity index is 1.43. The summed E-state index contributed by atoms with van der Waals surface area (Å²) in [6, 6.07) is 15.3. The van der Waals surface area contributed by atoms with E-state index in [9.17, 15) is 4.79 Å². The first kappa shape index (κ1) is 17.0. The fourth-order valence-electron chi connectivity index (χ4n) is 5.24. The van der Waals surface area contributed by atoms with Crippen LogP contribution in [0.25, 0.3) is 10.8 Å². The Labute approximate surface area is 155 Å². The molecule has 0 radical (unpaired) electrons. The molecule has 2 nitrogen and oxygen atoms in total. The summed E-state index contributed by atoms with van der Waals surface area (Å²) in [5.41, 5.74) is 0.674. The molecule has 1 heterocycles. The number of nitrogens with zero attached hydrogens (tertiary/aromatic N) is 1. The Morgan fingerprint density at radius 3 is 2.68 bits per heavy atom. The first-order chi connectivity index (χ1) is 11.8. The first-order valence-electron chi connectivity index (χ1n) is 9.25. The summed E-state index contributed by atoms with van der Waals surface area (Å²) >= 11 is 1.67. The number of rotatable bonds is 3. The van der Waals surface area contributed by atoms with E-state index in [1.54, 1.807) is 11.8 Å². The smallest absolute Gasteiger partial charge is 0.233 e. The maximum absolute atomic E-state index is 12.9. The molecule has 1 saturated carbocycles. The maximum Gasteiger partial charge on any atom is 0.233 e. The van der Waals surface area contributed by atoms with Gasteiger partial charge >= 0.3 is 0 Å². The van der Waals surface area contributed by atoms with E-state index in [2.05, 4.69) is 68.1 Å². The molecule has 0 unspecified atom stereocenters. The quantitative estimate of drug-likeness (QED) is 0.692. The zero-order valence-electron chi connectivity index (χ0n) is 15.4. The van der Waals surface area contributed by atoms with Crippen LogP contribution < -0.4 is 0 Å². The van der Waals surface area contributed by atoms with Crippen LogP contribution in [0.5, 0.6) is 0 Å². The highest BCUT2D eigenvalue weighted by Crippen LogP contribution is 2.52. The van der Waals surface area contributed by atoms with Crippen molar-refractivity contribution in [1.82, 2.24) is 4.90 Å². The number of thioether (sulfide) groups is 1. The third kappa shape index (κ3) is 3.44. The minimum atomic E-state index is 0.310. The molecule has 0 spiro atoms. The van der Waals surface area contributed by atoms with Crippen LogP contribution in [0.4, 0.5) is 0 Å². The topological polar surface area (TPSA) is 20.3 Å².